The molecule has 0 fully saturated rings. The van der Waals surface area contributed by atoms with Gasteiger partial charge < -0.3 is 10.1 Å². The number of carbonyl (C=O) groups excluding carboxylic acids is 2. The molecular formula is C17H15BrN2O5. The highest BCUT2D eigenvalue weighted by atomic mass is 79.9. The lowest BCUT2D eigenvalue weighted by atomic mass is 10.1. The van der Waals surface area contributed by atoms with Crippen molar-refractivity contribution < 1.29 is 19.2 Å². The molecule has 0 saturated carbocycles. The van der Waals surface area contributed by atoms with E-state index >= 15 is 0 Å². The van der Waals surface area contributed by atoms with Crippen LogP contribution >= 0.6 is 15.9 Å². The maximum Gasteiger partial charge on any atom is 0.338 e. The molecule has 0 radical (unpaired) electrons. The Morgan fingerprint density at radius 2 is 1.88 bits per heavy atom. The monoisotopic (exact) mass is 406 g/mol. The number of carbonyl (C=O) groups is 2. The molecule has 2 aromatic rings. The number of nitro benzene ring substituents is 1. The van der Waals surface area contributed by atoms with Gasteiger partial charge in [0.1, 0.15) is 0 Å². The fraction of sp³-hybridized carbons (Fsp3) is 0.176. The zero-order valence-electron chi connectivity index (χ0n) is 13.5. The lowest BCUT2D eigenvalue weighted by Gasteiger charge is -2.08. The normalized spacial score (nSPS) is 10.2. The van der Waals surface area contributed by atoms with E-state index in [4.69, 9.17) is 4.74 Å². The molecule has 1 amide bonds. The Balaban J connectivity index is 1.95. The molecular weight excluding hydrogens is 392 g/mol. The predicted octanol–water partition coefficient (Wildman–Crippen LogP) is 3.77. The molecule has 0 unspecified atom stereocenters. The van der Waals surface area contributed by atoms with E-state index in [9.17, 15) is 19.7 Å². The minimum atomic E-state index is -0.724. The third kappa shape index (κ3) is 4.87. The average Bonchev–Trinajstić information content (AvgIpc) is 2.55. The Bertz CT molecular complexity index is 851. The summed E-state index contributed by atoms with van der Waals surface area (Å²) >= 11 is 3.37. The quantitative estimate of drug-likeness (QED) is 0.462. The third-order valence-corrected chi connectivity index (χ3v) is 4.27. The topological polar surface area (TPSA) is 98.5 Å². The minimum absolute atomic E-state index is 0.0840. The fourth-order valence-corrected chi connectivity index (χ4v) is 2.45. The van der Waals surface area contributed by atoms with Crippen LogP contribution in [0.5, 0.6) is 0 Å². The summed E-state index contributed by atoms with van der Waals surface area (Å²) in [6.45, 7) is 2.99. The molecule has 0 aliphatic heterocycles. The van der Waals surface area contributed by atoms with Crippen LogP contribution in [-0.4, -0.2) is 23.4 Å². The van der Waals surface area contributed by atoms with Crippen molar-refractivity contribution in [2.75, 3.05) is 11.9 Å². The van der Waals surface area contributed by atoms with Crippen molar-refractivity contribution in [3.8, 4) is 0 Å². The number of nitro groups is 1. The van der Waals surface area contributed by atoms with E-state index in [1.165, 1.54) is 25.1 Å². The highest BCUT2D eigenvalue weighted by molar-refractivity contribution is 9.10. The lowest BCUT2D eigenvalue weighted by molar-refractivity contribution is -0.385. The number of esters is 1. The Morgan fingerprint density at radius 1 is 1.16 bits per heavy atom. The molecule has 8 heteroatoms. The van der Waals surface area contributed by atoms with Crippen LogP contribution in [0.3, 0.4) is 0 Å². The highest BCUT2D eigenvalue weighted by Gasteiger charge is 2.15. The third-order valence-electron chi connectivity index (χ3n) is 3.42. The molecule has 0 aliphatic carbocycles. The molecule has 130 valence electrons. The molecule has 0 heterocycles. The Hall–Kier alpha value is -2.74. The molecule has 2 aromatic carbocycles. The molecule has 25 heavy (non-hydrogen) atoms. The van der Waals surface area contributed by atoms with Gasteiger partial charge in [-0.15, -0.1) is 0 Å². The van der Waals surface area contributed by atoms with Gasteiger partial charge in [0.2, 0.25) is 0 Å². The number of nitrogens with one attached hydrogen (secondary N) is 1. The standard InChI is InChI=1S/C17H15BrN2O5/c1-10-3-5-13(8-14(10)18)19-16(21)9-25-17(22)12-4-6-15(20(23)24)11(2)7-12/h3-8H,9H2,1-2H3,(H,19,21). The number of hydrogen-bond acceptors (Lipinski definition) is 5. The second-order valence-corrected chi connectivity index (χ2v) is 6.20. The van der Waals surface area contributed by atoms with E-state index in [-0.39, 0.29) is 11.3 Å². The van der Waals surface area contributed by atoms with E-state index in [2.05, 4.69) is 21.2 Å². The summed E-state index contributed by atoms with van der Waals surface area (Å²) in [4.78, 5) is 34.1. The maximum absolute atomic E-state index is 12.0. The number of anilines is 1. The van der Waals surface area contributed by atoms with Crippen molar-refractivity contribution in [1.29, 1.82) is 0 Å². The largest absolute Gasteiger partial charge is 0.452 e. The van der Waals surface area contributed by atoms with Crippen LogP contribution in [-0.2, 0) is 9.53 Å². The van der Waals surface area contributed by atoms with Gasteiger partial charge in [-0.3, -0.25) is 14.9 Å². The van der Waals surface area contributed by atoms with E-state index in [0.29, 0.717) is 11.3 Å². The molecule has 0 saturated heterocycles. The van der Waals surface area contributed by atoms with Crippen LogP contribution in [0.25, 0.3) is 0 Å². The van der Waals surface area contributed by atoms with Crippen molar-refractivity contribution >= 4 is 39.2 Å². The van der Waals surface area contributed by atoms with Gasteiger partial charge in [-0.25, -0.2) is 4.79 Å². The predicted molar refractivity (Wildman–Crippen MR) is 95.6 cm³/mol. The summed E-state index contributed by atoms with van der Waals surface area (Å²) in [5, 5.41) is 13.4. The summed E-state index contributed by atoms with van der Waals surface area (Å²) in [6, 6.07) is 9.20. The van der Waals surface area contributed by atoms with Crippen LogP contribution in [0, 0.1) is 24.0 Å². The molecule has 0 spiro atoms. The molecule has 2 rings (SSSR count). The number of ether oxygens (including phenoxy) is 1. The van der Waals surface area contributed by atoms with Crippen LogP contribution in [0.1, 0.15) is 21.5 Å². The van der Waals surface area contributed by atoms with Crippen LogP contribution in [0.2, 0.25) is 0 Å². The lowest BCUT2D eigenvalue weighted by Crippen LogP contribution is -2.21. The van der Waals surface area contributed by atoms with Gasteiger partial charge in [0.05, 0.1) is 10.5 Å². The van der Waals surface area contributed by atoms with Crippen LogP contribution < -0.4 is 5.32 Å². The Labute approximate surface area is 152 Å². The molecule has 0 atom stereocenters. The summed E-state index contributed by atoms with van der Waals surface area (Å²) in [5.41, 5.74) is 2.00. The molecule has 0 aromatic heterocycles. The summed E-state index contributed by atoms with van der Waals surface area (Å²) in [6.07, 6.45) is 0. The smallest absolute Gasteiger partial charge is 0.338 e. The van der Waals surface area contributed by atoms with E-state index in [1.807, 2.05) is 13.0 Å². The SMILES string of the molecule is Cc1ccc(NC(=O)COC(=O)c2ccc([N+](=O)[O-])c(C)c2)cc1Br. The molecule has 1 N–H and O–H groups in total. The van der Waals surface area contributed by atoms with Crippen molar-refractivity contribution in [2.24, 2.45) is 0 Å². The van der Waals surface area contributed by atoms with Crippen molar-refractivity contribution in [1.82, 2.24) is 0 Å². The summed E-state index contributed by atoms with van der Waals surface area (Å²) < 4.78 is 5.79. The number of nitrogens with zero attached hydrogens (tertiary/aromatic N) is 1. The van der Waals surface area contributed by atoms with Crippen molar-refractivity contribution in [3.63, 3.8) is 0 Å². The van der Waals surface area contributed by atoms with Gasteiger partial charge >= 0.3 is 5.97 Å². The first-order chi connectivity index (χ1) is 11.8. The molecule has 7 nitrogen and oxygen atoms in total. The van der Waals surface area contributed by atoms with Crippen LogP contribution in [0.15, 0.2) is 40.9 Å². The first kappa shape index (κ1) is 18.6. The zero-order valence-corrected chi connectivity index (χ0v) is 15.1. The number of halogens is 1. The molecule has 0 bridgehead atoms. The fourth-order valence-electron chi connectivity index (χ4n) is 2.07. The Morgan fingerprint density at radius 3 is 2.48 bits per heavy atom. The Kier molecular flexibility index (Phi) is 5.87. The summed E-state index contributed by atoms with van der Waals surface area (Å²) in [5.74, 6) is -1.21. The van der Waals surface area contributed by atoms with E-state index in [1.54, 1.807) is 12.1 Å². The van der Waals surface area contributed by atoms with Gasteiger partial charge in [-0.05, 0) is 43.7 Å². The first-order valence-corrected chi connectivity index (χ1v) is 8.05. The molecule has 0 aliphatic rings. The van der Waals surface area contributed by atoms with Crippen molar-refractivity contribution in [3.05, 3.63) is 67.7 Å². The van der Waals surface area contributed by atoms with E-state index in [0.717, 1.165) is 10.0 Å². The van der Waals surface area contributed by atoms with Crippen molar-refractivity contribution in [2.45, 2.75) is 13.8 Å². The van der Waals surface area contributed by atoms with E-state index < -0.39 is 23.4 Å². The number of hydrogen-bond donors (Lipinski definition) is 1. The zero-order chi connectivity index (χ0) is 18.6. The maximum atomic E-state index is 12.0. The van der Waals surface area contributed by atoms with Gasteiger partial charge in [-0.2, -0.15) is 0 Å². The van der Waals surface area contributed by atoms with Gasteiger partial charge in [0, 0.05) is 21.8 Å². The second kappa shape index (κ2) is 7.89. The van der Waals surface area contributed by atoms with Crippen LogP contribution in [0.4, 0.5) is 11.4 Å². The number of amides is 1. The number of rotatable bonds is 5. The number of benzene rings is 2. The number of aryl methyl sites for hydroxylation is 2. The van der Waals surface area contributed by atoms with Gasteiger partial charge in [0.15, 0.2) is 6.61 Å². The highest BCUT2D eigenvalue weighted by Crippen LogP contribution is 2.21. The minimum Gasteiger partial charge on any atom is -0.452 e. The van der Waals surface area contributed by atoms with Gasteiger partial charge in [-0.1, -0.05) is 22.0 Å². The second-order valence-electron chi connectivity index (χ2n) is 5.35. The van der Waals surface area contributed by atoms with Gasteiger partial charge in [0.25, 0.3) is 11.6 Å². The average molecular weight is 407 g/mol. The summed E-state index contributed by atoms with van der Waals surface area (Å²) in [7, 11) is 0. The first-order valence-electron chi connectivity index (χ1n) is 7.26.